The molecule has 1 saturated heterocycles. The monoisotopic (exact) mass is 425 g/mol. The van der Waals surface area contributed by atoms with Crippen molar-refractivity contribution in [1.82, 2.24) is 9.97 Å². The van der Waals surface area contributed by atoms with Crippen LogP contribution in [0.15, 0.2) is 71.9 Å². The van der Waals surface area contributed by atoms with E-state index in [1.165, 1.54) is 37.3 Å². The fraction of sp³-hybridized carbons (Fsp3) is 0.238. The molecule has 4 rings (SSSR count). The molecule has 0 aliphatic carbocycles. The van der Waals surface area contributed by atoms with Crippen LogP contribution in [0.2, 0.25) is 0 Å². The van der Waals surface area contributed by atoms with Crippen LogP contribution in [0.4, 0.5) is 17.3 Å². The number of piperazine rings is 1. The van der Waals surface area contributed by atoms with Crippen LogP contribution < -0.4 is 19.3 Å². The molecule has 1 aromatic heterocycles. The van der Waals surface area contributed by atoms with Crippen LogP contribution in [0.25, 0.3) is 0 Å². The third-order valence-corrected chi connectivity index (χ3v) is 6.30. The summed E-state index contributed by atoms with van der Waals surface area (Å²) >= 11 is 0. The van der Waals surface area contributed by atoms with E-state index in [0.717, 1.165) is 26.2 Å². The molecule has 0 bridgehead atoms. The molecule has 9 heteroatoms. The van der Waals surface area contributed by atoms with Gasteiger partial charge in [-0.05, 0) is 24.3 Å². The van der Waals surface area contributed by atoms with Crippen LogP contribution in [-0.4, -0.2) is 51.7 Å². The highest BCUT2D eigenvalue weighted by molar-refractivity contribution is 7.92. The molecule has 8 nitrogen and oxygen atoms in total. The molecule has 156 valence electrons. The molecule has 1 N–H and O–H groups in total. The highest BCUT2D eigenvalue weighted by Crippen LogP contribution is 2.21. The largest absolute Gasteiger partial charge is 0.497 e. The van der Waals surface area contributed by atoms with Gasteiger partial charge in [0.1, 0.15) is 5.75 Å². The van der Waals surface area contributed by atoms with E-state index in [1.807, 2.05) is 18.2 Å². The van der Waals surface area contributed by atoms with Gasteiger partial charge >= 0.3 is 0 Å². The molecule has 30 heavy (non-hydrogen) atoms. The highest BCUT2D eigenvalue weighted by Gasteiger charge is 2.20. The second-order valence-electron chi connectivity index (χ2n) is 6.87. The zero-order valence-electron chi connectivity index (χ0n) is 16.6. The van der Waals surface area contributed by atoms with Gasteiger partial charge in [-0.1, -0.05) is 24.3 Å². The molecule has 0 spiro atoms. The number of benzene rings is 2. The SMILES string of the molecule is COc1cccc(S(=O)(=O)Nc2cnc(N3CCN(c4ccccc4)CC3)nc2)c1. The van der Waals surface area contributed by atoms with Crippen molar-refractivity contribution in [3.63, 3.8) is 0 Å². The maximum absolute atomic E-state index is 12.6. The first kappa shape index (κ1) is 20.0. The minimum atomic E-state index is -3.75. The van der Waals surface area contributed by atoms with Crippen LogP contribution >= 0.6 is 0 Å². The van der Waals surface area contributed by atoms with Gasteiger partial charge in [0.15, 0.2) is 0 Å². The Kier molecular flexibility index (Phi) is 5.71. The Morgan fingerprint density at radius 3 is 2.23 bits per heavy atom. The van der Waals surface area contributed by atoms with Crippen molar-refractivity contribution < 1.29 is 13.2 Å². The molecule has 0 radical (unpaired) electrons. The molecule has 2 aromatic carbocycles. The molecule has 0 atom stereocenters. The van der Waals surface area contributed by atoms with E-state index in [2.05, 4.69) is 36.6 Å². The van der Waals surface area contributed by atoms with Gasteiger partial charge in [0, 0.05) is 37.9 Å². The first-order chi connectivity index (χ1) is 14.5. The number of nitrogens with zero attached hydrogens (tertiary/aromatic N) is 4. The lowest BCUT2D eigenvalue weighted by molar-refractivity contribution is 0.413. The number of anilines is 3. The molecule has 0 saturated carbocycles. The summed E-state index contributed by atoms with van der Waals surface area (Å²) in [5.74, 6) is 1.06. The fourth-order valence-electron chi connectivity index (χ4n) is 3.32. The van der Waals surface area contributed by atoms with Crippen molar-refractivity contribution in [3.05, 3.63) is 67.0 Å². The fourth-order valence-corrected chi connectivity index (χ4v) is 4.39. The predicted octanol–water partition coefficient (Wildman–Crippen LogP) is 2.61. The van der Waals surface area contributed by atoms with Crippen molar-refractivity contribution in [2.75, 3.05) is 47.8 Å². The number of sulfonamides is 1. The zero-order chi connectivity index (χ0) is 21.0. The van der Waals surface area contributed by atoms with Crippen molar-refractivity contribution in [3.8, 4) is 5.75 Å². The van der Waals surface area contributed by atoms with Crippen LogP contribution in [0.1, 0.15) is 0 Å². The number of ether oxygens (including phenoxy) is 1. The van der Waals surface area contributed by atoms with Crippen molar-refractivity contribution in [2.45, 2.75) is 4.90 Å². The number of hydrogen-bond donors (Lipinski definition) is 1. The summed E-state index contributed by atoms with van der Waals surface area (Å²) in [4.78, 5) is 13.3. The summed E-state index contributed by atoms with van der Waals surface area (Å²) in [6.07, 6.45) is 2.98. The first-order valence-electron chi connectivity index (χ1n) is 9.59. The maximum Gasteiger partial charge on any atom is 0.262 e. The minimum absolute atomic E-state index is 0.114. The molecule has 1 aliphatic heterocycles. The van der Waals surface area contributed by atoms with Gasteiger partial charge in [0.2, 0.25) is 5.95 Å². The van der Waals surface area contributed by atoms with E-state index in [9.17, 15) is 8.42 Å². The van der Waals surface area contributed by atoms with Gasteiger partial charge in [-0.15, -0.1) is 0 Å². The molecular formula is C21H23N5O3S. The van der Waals surface area contributed by atoms with Crippen LogP contribution in [0.3, 0.4) is 0 Å². The molecule has 1 fully saturated rings. The first-order valence-corrected chi connectivity index (χ1v) is 11.1. The summed E-state index contributed by atoms with van der Waals surface area (Å²) in [5.41, 5.74) is 1.52. The van der Waals surface area contributed by atoms with E-state index in [1.54, 1.807) is 12.1 Å². The lowest BCUT2D eigenvalue weighted by Gasteiger charge is -2.36. The normalized spacial score (nSPS) is 14.4. The van der Waals surface area contributed by atoms with Crippen LogP contribution in [-0.2, 0) is 10.0 Å². The summed E-state index contributed by atoms with van der Waals surface area (Å²) in [6.45, 7) is 3.34. The van der Waals surface area contributed by atoms with Gasteiger partial charge in [-0.25, -0.2) is 18.4 Å². The van der Waals surface area contributed by atoms with Crippen LogP contribution in [0.5, 0.6) is 5.75 Å². The summed E-state index contributed by atoms with van der Waals surface area (Å²) < 4.78 is 32.8. The molecule has 1 aliphatic rings. The van der Waals surface area contributed by atoms with E-state index in [-0.39, 0.29) is 4.90 Å². The Labute approximate surface area is 176 Å². The van der Waals surface area contributed by atoms with Crippen LogP contribution in [0, 0.1) is 0 Å². The summed E-state index contributed by atoms with van der Waals surface area (Å²) in [7, 11) is -2.26. The van der Waals surface area contributed by atoms with E-state index >= 15 is 0 Å². The van der Waals surface area contributed by atoms with E-state index < -0.39 is 10.0 Å². The second-order valence-corrected chi connectivity index (χ2v) is 8.55. The standard InChI is InChI=1S/C21H23N5O3S/c1-29-19-8-5-9-20(14-19)30(27,28)24-17-15-22-21(23-16-17)26-12-10-25(11-13-26)18-6-3-2-4-7-18/h2-9,14-16,24H,10-13H2,1H3. The smallest absolute Gasteiger partial charge is 0.262 e. The third-order valence-electron chi connectivity index (χ3n) is 4.93. The van der Waals surface area contributed by atoms with E-state index in [0.29, 0.717) is 17.4 Å². The Balaban J connectivity index is 1.40. The predicted molar refractivity (Wildman–Crippen MR) is 117 cm³/mol. The Bertz CT molecular complexity index is 1080. The third kappa shape index (κ3) is 4.46. The van der Waals surface area contributed by atoms with Gasteiger partial charge < -0.3 is 14.5 Å². The quantitative estimate of drug-likeness (QED) is 0.649. The summed E-state index contributed by atoms with van der Waals surface area (Å²) in [5, 5.41) is 0. The average Bonchev–Trinajstić information content (AvgIpc) is 2.80. The number of hydrogen-bond acceptors (Lipinski definition) is 7. The minimum Gasteiger partial charge on any atom is -0.497 e. The van der Waals surface area contributed by atoms with Crippen molar-refractivity contribution in [1.29, 1.82) is 0 Å². The lowest BCUT2D eigenvalue weighted by atomic mass is 10.2. The van der Waals surface area contributed by atoms with Crippen molar-refractivity contribution >= 4 is 27.3 Å². The number of aromatic nitrogens is 2. The topological polar surface area (TPSA) is 87.7 Å². The average molecular weight is 426 g/mol. The molecule has 2 heterocycles. The second kappa shape index (κ2) is 8.58. The Morgan fingerprint density at radius 1 is 0.900 bits per heavy atom. The Morgan fingerprint density at radius 2 is 1.57 bits per heavy atom. The van der Waals surface area contributed by atoms with Gasteiger partial charge in [0.05, 0.1) is 30.1 Å². The highest BCUT2D eigenvalue weighted by atomic mass is 32.2. The van der Waals surface area contributed by atoms with Gasteiger partial charge in [0.25, 0.3) is 10.0 Å². The summed E-state index contributed by atoms with van der Waals surface area (Å²) in [6, 6.07) is 16.6. The molecule has 3 aromatic rings. The van der Waals surface area contributed by atoms with Gasteiger partial charge in [-0.2, -0.15) is 0 Å². The molecule has 0 amide bonds. The van der Waals surface area contributed by atoms with Crippen molar-refractivity contribution in [2.24, 2.45) is 0 Å². The molecular weight excluding hydrogens is 402 g/mol. The number of methoxy groups -OCH3 is 1. The number of rotatable bonds is 6. The lowest BCUT2D eigenvalue weighted by Crippen LogP contribution is -2.47. The maximum atomic E-state index is 12.6. The zero-order valence-corrected chi connectivity index (χ0v) is 17.4. The van der Waals surface area contributed by atoms with Gasteiger partial charge in [-0.3, -0.25) is 4.72 Å². The molecule has 0 unspecified atom stereocenters. The number of para-hydroxylation sites is 1. The van der Waals surface area contributed by atoms with E-state index in [4.69, 9.17) is 4.74 Å². The number of nitrogens with one attached hydrogen (secondary N) is 1. The Hall–Kier alpha value is -3.33.